The average Bonchev–Trinajstić information content (AvgIpc) is 3.38. The topological polar surface area (TPSA) is 101 Å². The van der Waals surface area contributed by atoms with E-state index in [1.807, 2.05) is 0 Å². The van der Waals surface area contributed by atoms with Crippen LogP contribution in [0, 0.1) is 0 Å². The Morgan fingerprint density at radius 1 is 1.39 bits per heavy atom. The van der Waals surface area contributed by atoms with Crippen LogP contribution in [0.3, 0.4) is 0 Å². The standard InChI is InChI=1S/C19H23N5O4/c1-3-24-8-4-5-13(24)10-20-18(26)19-21-17(22-28-19)12-6-7-14-15(9-12)27-11-16(25)23(14)2/h6-7,9,13H,3-5,8,10-11H2,1-2H3,(H,20,26)/t13-/m1/s1. The molecule has 28 heavy (non-hydrogen) atoms. The Labute approximate surface area is 162 Å². The third kappa shape index (κ3) is 3.45. The highest BCUT2D eigenvalue weighted by molar-refractivity contribution is 5.97. The summed E-state index contributed by atoms with van der Waals surface area (Å²) in [6, 6.07) is 5.62. The molecule has 0 saturated carbocycles. The predicted octanol–water partition coefficient (Wildman–Crippen LogP) is 1.31. The summed E-state index contributed by atoms with van der Waals surface area (Å²) in [5.74, 6) is 0.314. The van der Waals surface area contributed by atoms with Crippen molar-refractivity contribution in [2.24, 2.45) is 0 Å². The van der Waals surface area contributed by atoms with Crippen molar-refractivity contribution in [3.05, 3.63) is 24.1 Å². The molecule has 2 amide bonds. The van der Waals surface area contributed by atoms with Gasteiger partial charge in [-0.1, -0.05) is 12.1 Å². The second-order valence-electron chi connectivity index (χ2n) is 6.98. The van der Waals surface area contributed by atoms with Crippen LogP contribution in [0.15, 0.2) is 22.7 Å². The molecule has 0 radical (unpaired) electrons. The molecule has 1 fully saturated rings. The zero-order valence-corrected chi connectivity index (χ0v) is 16.0. The zero-order valence-electron chi connectivity index (χ0n) is 16.0. The Morgan fingerprint density at radius 3 is 3.07 bits per heavy atom. The van der Waals surface area contributed by atoms with Gasteiger partial charge in [0.25, 0.3) is 5.91 Å². The Morgan fingerprint density at radius 2 is 2.25 bits per heavy atom. The van der Waals surface area contributed by atoms with Crippen LogP contribution in [-0.2, 0) is 4.79 Å². The number of carbonyl (C=O) groups is 2. The van der Waals surface area contributed by atoms with Gasteiger partial charge in [-0.3, -0.25) is 14.5 Å². The van der Waals surface area contributed by atoms with E-state index >= 15 is 0 Å². The number of benzene rings is 1. The Balaban J connectivity index is 1.44. The molecule has 2 aromatic rings. The van der Waals surface area contributed by atoms with Gasteiger partial charge >= 0.3 is 11.8 Å². The van der Waals surface area contributed by atoms with E-state index < -0.39 is 0 Å². The number of likely N-dealkylation sites (tertiary alicyclic amines) is 1. The predicted molar refractivity (Wildman–Crippen MR) is 101 cm³/mol. The van der Waals surface area contributed by atoms with Crippen molar-refractivity contribution in [1.82, 2.24) is 20.4 Å². The van der Waals surface area contributed by atoms with Gasteiger partial charge in [0.05, 0.1) is 5.69 Å². The summed E-state index contributed by atoms with van der Waals surface area (Å²) in [6.07, 6.45) is 2.23. The number of nitrogens with one attached hydrogen (secondary N) is 1. The number of rotatable bonds is 5. The maximum absolute atomic E-state index is 12.4. The van der Waals surface area contributed by atoms with Crippen LogP contribution in [-0.4, -0.2) is 66.2 Å². The molecule has 1 N–H and O–H groups in total. The van der Waals surface area contributed by atoms with E-state index in [-0.39, 0.29) is 24.3 Å². The SMILES string of the molecule is CCN1CCC[C@@H]1CNC(=O)c1nc(-c2ccc3c(c2)OCC(=O)N3C)no1. The van der Waals surface area contributed by atoms with Crippen LogP contribution in [0.25, 0.3) is 11.4 Å². The highest BCUT2D eigenvalue weighted by atomic mass is 16.5. The Bertz CT molecular complexity index is 896. The summed E-state index contributed by atoms with van der Waals surface area (Å²) in [6.45, 7) is 4.73. The molecule has 1 atom stereocenters. The molecule has 0 aliphatic carbocycles. The molecule has 0 spiro atoms. The molecule has 1 aromatic carbocycles. The van der Waals surface area contributed by atoms with E-state index in [0.717, 1.165) is 25.9 Å². The van der Waals surface area contributed by atoms with E-state index in [2.05, 4.69) is 27.3 Å². The largest absolute Gasteiger partial charge is 0.482 e. The lowest BCUT2D eigenvalue weighted by molar-refractivity contribution is -0.120. The lowest BCUT2D eigenvalue weighted by Gasteiger charge is -2.25. The van der Waals surface area contributed by atoms with Gasteiger partial charge < -0.3 is 19.5 Å². The van der Waals surface area contributed by atoms with Crippen molar-refractivity contribution in [3.8, 4) is 17.1 Å². The smallest absolute Gasteiger partial charge is 0.316 e. The van der Waals surface area contributed by atoms with Gasteiger partial charge in [-0.2, -0.15) is 4.98 Å². The van der Waals surface area contributed by atoms with Crippen LogP contribution in [0.5, 0.6) is 5.75 Å². The minimum atomic E-state index is -0.374. The molecule has 1 saturated heterocycles. The number of aromatic nitrogens is 2. The fourth-order valence-electron chi connectivity index (χ4n) is 3.68. The number of hydrogen-bond acceptors (Lipinski definition) is 7. The molecule has 0 unspecified atom stereocenters. The number of nitrogens with zero attached hydrogens (tertiary/aromatic N) is 4. The van der Waals surface area contributed by atoms with Gasteiger partial charge in [-0.25, -0.2) is 0 Å². The second-order valence-corrected chi connectivity index (χ2v) is 6.98. The number of hydrogen-bond donors (Lipinski definition) is 1. The van der Waals surface area contributed by atoms with Crippen LogP contribution in [0.2, 0.25) is 0 Å². The van der Waals surface area contributed by atoms with E-state index in [1.165, 1.54) is 0 Å². The third-order valence-corrected chi connectivity index (χ3v) is 5.33. The van der Waals surface area contributed by atoms with Crippen LogP contribution < -0.4 is 15.0 Å². The minimum absolute atomic E-state index is 0.0111. The van der Waals surface area contributed by atoms with Crippen LogP contribution in [0.1, 0.15) is 30.5 Å². The first-order valence-electron chi connectivity index (χ1n) is 9.46. The summed E-state index contributed by atoms with van der Waals surface area (Å²) in [5.41, 5.74) is 1.33. The summed E-state index contributed by atoms with van der Waals surface area (Å²) in [7, 11) is 1.70. The quantitative estimate of drug-likeness (QED) is 0.828. The third-order valence-electron chi connectivity index (χ3n) is 5.33. The maximum Gasteiger partial charge on any atom is 0.316 e. The van der Waals surface area contributed by atoms with E-state index in [0.29, 0.717) is 35.4 Å². The molecule has 4 rings (SSSR count). The molecule has 9 heteroatoms. The highest BCUT2D eigenvalue weighted by Gasteiger charge is 2.26. The van der Waals surface area contributed by atoms with Gasteiger partial charge in [0.15, 0.2) is 6.61 Å². The van der Waals surface area contributed by atoms with Gasteiger partial charge in [0.1, 0.15) is 5.75 Å². The van der Waals surface area contributed by atoms with Crippen LogP contribution in [0.4, 0.5) is 5.69 Å². The monoisotopic (exact) mass is 385 g/mol. The highest BCUT2D eigenvalue weighted by Crippen LogP contribution is 2.34. The number of likely N-dealkylation sites (N-methyl/N-ethyl adjacent to an activating group) is 2. The normalized spacial score (nSPS) is 19.4. The summed E-state index contributed by atoms with van der Waals surface area (Å²) in [5, 5.41) is 6.79. The number of amides is 2. The molecular weight excluding hydrogens is 362 g/mol. The Kier molecular flexibility index (Phi) is 4.99. The molecule has 148 valence electrons. The van der Waals surface area contributed by atoms with Gasteiger partial charge in [-0.15, -0.1) is 0 Å². The van der Waals surface area contributed by atoms with Crippen molar-refractivity contribution < 1.29 is 18.8 Å². The molecule has 1 aromatic heterocycles. The zero-order chi connectivity index (χ0) is 19.7. The first-order chi connectivity index (χ1) is 13.6. The molecule has 0 bridgehead atoms. The van der Waals surface area contributed by atoms with E-state index in [9.17, 15) is 9.59 Å². The van der Waals surface area contributed by atoms with E-state index in [4.69, 9.17) is 9.26 Å². The van der Waals surface area contributed by atoms with Gasteiger partial charge in [0.2, 0.25) is 5.82 Å². The number of ether oxygens (including phenoxy) is 1. The second kappa shape index (κ2) is 7.59. The van der Waals surface area contributed by atoms with Crippen molar-refractivity contribution >= 4 is 17.5 Å². The van der Waals surface area contributed by atoms with Crippen molar-refractivity contribution in [1.29, 1.82) is 0 Å². The number of anilines is 1. The van der Waals surface area contributed by atoms with Crippen molar-refractivity contribution in [3.63, 3.8) is 0 Å². The maximum atomic E-state index is 12.4. The Hall–Kier alpha value is -2.94. The lowest BCUT2D eigenvalue weighted by Crippen LogP contribution is -2.40. The lowest BCUT2D eigenvalue weighted by atomic mass is 10.1. The number of fused-ring (bicyclic) bond motifs is 1. The first kappa shape index (κ1) is 18.4. The summed E-state index contributed by atoms with van der Waals surface area (Å²) in [4.78, 5) is 32.2. The summed E-state index contributed by atoms with van der Waals surface area (Å²) < 4.78 is 10.6. The van der Waals surface area contributed by atoms with Gasteiger partial charge in [0, 0.05) is 25.2 Å². The van der Waals surface area contributed by atoms with Gasteiger partial charge in [-0.05, 0) is 44.1 Å². The fourth-order valence-corrected chi connectivity index (χ4v) is 3.68. The molecular formula is C19H23N5O4. The molecule has 9 nitrogen and oxygen atoms in total. The molecule has 2 aliphatic rings. The van der Waals surface area contributed by atoms with Crippen LogP contribution >= 0.6 is 0 Å². The van der Waals surface area contributed by atoms with E-state index in [1.54, 1.807) is 30.1 Å². The van der Waals surface area contributed by atoms with Crippen molar-refractivity contribution in [2.45, 2.75) is 25.8 Å². The average molecular weight is 385 g/mol. The first-order valence-corrected chi connectivity index (χ1v) is 9.46. The van der Waals surface area contributed by atoms with Crippen molar-refractivity contribution in [2.75, 3.05) is 38.2 Å². The fraction of sp³-hybridized carbons (Fsp3) is 0.474. The minimum Gasteiger partial charge on any atom is -0.482 e. The summed E-state index contributed by atoms with van der Waals surface area (Å²) >= 11 is 0. The molecule has 2 aliphatic heterocycles. The number of carbonyl (C=O) groups excluding carboxylic acids is 2. The molecule has 3 heterocycles.